The van der Waals surface area contributed by atoms with E-state index in [2.05, 4.69) is 5.10 Å². The van der Waals surface area contributed by atoms with Crippen LogP contribution in [0.15, 0.2) is 46.6 Å². The van der Waals surface area contributed by atoms with Gasteiger partial charge in [0, 0.05) is 20.8 Å². The van der Waals surface area contributed by atoms with Crippen molar-refractivity contribution in [3.63, 3.8) is 0 Å². The molecule has 2 aromatic heterocycles. The highest BCUT2D eigenvalue weighted by molar-refractivity contribution is 7.10. The molecular formula is C17H13ClN2O3S. The van der Waals surface area contributed by atoms with Gasteiger partial charge in [-0.05, 0) is 31.2 Å². The lowest BCUT2D eigenvalue weighted by molar-refractivity contribution is 0.0598. The Morgan fingerprint density at radius 2 is 1.96 bits per heavy atom. The first kappa shape index (κ1) is 16.4. The molecule has 0 atom stereocenters. The summed E-state index contributed by atoms with van der Waals surface area (Å²) in [6.45, 7) is 1.93. The highest BCUT2D eigenvalue weighted by Gasteiger charge is 2.18. The topological polar surface area (TPSA) is 61.2 Å². The highest BCUT2D eigenvalue weighted by atomic mass is 35.5. The van der Waals surface area contributed by atoms with Crippen LogP contribution in [0.5, 0.6) is 0 Å². The Labute approximate surface area is 147 Å². The average molecular weight is 361 g/mol. The number of benzene rings is 1. The number of halogens is 1. The molecule has 0 unspecified atom stereocenters. The lowest BCUT2D eigenvalue weighted by atomic mass is 10.1. The number of rotatable bonds is 3. The smallest absolute Gasteiger partial charge is 0.343 e. The van der Waals surface area contributed by atoms with Gasteiger partial charge >= 0.3 is 5.97 Å². The van der Waals surface area contributed by atoms with Crippen LogP contribution in [-0.4, -0.2) is 22.9 Å². The summed E-state index contributed by atoms with van der Waals surface area (Å²) < 4.78 is 5.95. The van der Waals surface area contributed by atoms with E-state index in [4.69, 9.17) is 16.3 Å². The minimum absolute atomic E-state index is 0.0682. The van der Waals surface area contributed by atoms with Gasteiger partial charge in [-0.25, -0.2) is 4.79 Å². The number of aromatic nitrogens is 2. The summed E-state index contributed by atoms with van der Waals surface area (Å²) in [6, 6.07) is 10.3. The van der Waals surface area contributed by atoms with Gasteiger partial charge in [0.05, 0.1) is 18.5 Å². The molecule has 5 nitrogen and oxygen atoms in total. The number of hydrogen-bond donors (Lipinski definition) is 0. The Bertz CT molecular complexity index is 961. The van der Waals surface area contributed by atoms with Crippen molar-refractivity contribution in [2.75, 3.05) is 7.11 Å². The van der Waals surface area contributed by atoms with E-state index < -0.39 is 11.5 Å². The molecular weight excluding hydrogens is 348 g/mol. The zero-order valence-electron chi connectivity index (χ0n) is 12.9. The van der Waals surface area contributed by atoms with Crippen LogP contribution in [0.4, 0.5) is 0 Å². The number of methoxy groups -OCH3 is 1. The van der Waals surface area contributed by atoms with Crippen LogP contribution in [0.1, 0.15) is 15.2 Å². The van der Waals surface area contributed by atoms with Gasteiger partial charge in [-0.15, -0.1) is 11.3 Å². The molecule has 122 valence electrons. The molecule has 0 N–H and O–H groups in total. The van der Waals surface area contributed by atoms with E-state index in [1.807, 2.05) is 18.4 Å². The van der Waals surface area contributed by atoms with Crippen molar-refractivity contribution >= 4 is 28.9 Å². The van der Waals surface area contributed by atoms with Gasteiger partial charge in [0.2, 0.25) is 0 Å². The molecule has 24 heavy (non-hydrogen) atoms. The zero-order chi connectivity index (χ0) is 17.3. The van der Waals surface area contributed by atoms with Crippen molar-refractivity contribution in [3.8, 4) is 16.9 Å². The van der Waals surface area contributed by atoms with Crippen molar-refractivity contribution in [3.05, 3.63) is 67.6 Å². The largest absolute Gasteiger partial charge is 0.465 e. The van der Waals surface area contributed by atoms with Crippen LogP contribution < -0.4 is 5.56 Å². The summed E-state index contributed by atoms with van der Waals surface area (Å²) in [5, 5.41) is 6.80. The molecule has 2 heterocycles. The summed E-state index contributed by atoms with van der Waals surface area (Å²) in [7, 11) is 1.24. The van der Waals surface area contributed by atoms with Crippen LogP contribution in [0.3, 0.4) is 0 Å². The lowest BCUT2D eigenvalue weighted by Crippen LogP contribution is -2.28. The molecule has 7 heteroatoms. The third-order valence-electron chi connectivity index (χ3n) is 3.42. The maximum absolute atomic E-state index is 12.6. The highest BCUT2D eigenvalue weighted by Crippen LogP contribution is 2.21. The first-order valence-corrected chi connectivity index (χ1v) is 8.29. The summed E-state index contributed by atoms with van der Waals surface area (Å²) in [6.07, 6.45) is 0. The number of hydrogen-bond acceptors (Lipinski definition) is 5. The van der Waals surface area contributed by atoms with E-state index in [-0.39, 0.29) is 5.56 Å². The van der Waals surface area contributed by atoms with E-state index in [9.17, 15) is 9.59 Å². The molecule has 0 aliphatic carbocycles. The number of carbonyl (C=O) groups is 1. The van der Waals surface area contributed by atoms with E-state index in [1.54, 1.807) is 24.3 Å². The fourth-order valence-electron chi connectivity index (χ4n) is 2.23. The molecule has 3 rings (SSSR count). The second-order valence-corrected chi connectivity index (χ2v) is 6.63. The van der Waals surface area contributed by atoms with Crippen LogP contribution in [-0.2, 0) is 4.74 Å². The Balaban J connectivity index is 2.25. The Hall–Kier alpha value is -2.44. The minimum atomic E-state index is -0.696. The van der Waals surface area contributed by atoms with Crippen LogP contribution in [0, 0.1) is 6.92 Å². The second kappa shape index (κ2) is 6.59. The molecule has 0 amide bonds. The van der Waals surface area contributed by atoms with Crippen molar-refractivity contribution in [1.82, 2.24) is 9.78 Å². The number of thiophene rings is 1. The van der Waals surface area contributed by atoms with Crippen molar-refractivity contribution in [2.45, 2.75) is 6.92 Å². The third kappa shape index (κ3) is 3.11. The zero-order valence-corrected chi connectivity index (χ0v) is 14.5. The van der Waals surface area contributed by atoms with Crippen molar-refractivity contribution in [1.29, 1.82) is 0 Å². The fraction of sp³-hybridized carbons (Fsp3) is 0.118. The lowest BCUT2D eigenvalue weighted by Gasteiger charge is -2.09. The Morgan fingerprint density at radius 3 is 2.54 bits per heavy atom. The third-order valence-corrected chi connectivity index (χ3v) is 4.52. The molecule has 0 radical (unpaired) electrons. The minimum Gasteiger partial charge on any atom is -0.465 e. The van der Waals surface area contributed by atoms with Crippen molar-refractivity contribution in [2.24, 2.45) is 0 Å². The van der Waals surface area contributed by atoms with E-state index >= 15 is 0 Å². The molecule has 0 saturated heterocycles. The van der Waals surface area contributed by atoms with Gasteiger partial charge in [0.1, 0.15) is 5.56 Å². The Morgan fingerprint density at radius 1 is 1.25 bits per heavy atom. The fourth-order valence-corrected chi connectivity index (χ4v) is 3.02. The van der Waals surface area contributed by atoms with Crippen LogP contribution in [0.25, 0.3) is 16.9 Å². The SMILES string of the molecule is COC(=O)c1cc(-c2ccc(Cl)cc2)nn(-c2csc(C)c2)c1=O. The first-order valence-electron chi connectivity index (χ1n) is 7.03. The first-order chi connectivity index (χ1) is 11.5. The van der Waals surface area contributed by atoms with Gasteiger partial charge in [0.15, 0.2) is 0 Å². The monoisotopic (exact) mass is 360 g/mol. The maximum Gasteiger partial charge on any atom is 0.343 e. The quantitative estimate of drug-likeness (QED) is 0.668. The number of ether oxygens (including phenoxy) is 1. The molecule has 0 saturated carbocycles. The van der Waals surface area contributed by atoms with E-state index in [0.717, 1.165) is 10.4 Å². The molecule has 0 fully saturated rings. The predicted octanol–water partition coefficient (Wildman–Crippen LogP) is 3.71. The van der Waals surface area contributed by atoms with E-state index in [0.29, 0.717) is 16.4 Å². The second-order valence-electron chi connectivity index (χ2n) is 5.07. The van der Waals surface area contributed by atoms with Gasteiger partial charge in [-0.2, -0.15) is 9.78 Å². The van der Waals surface area contributed by atoms with Gasteiger partial charge in [-0.1, -0.05) is 23.7 Å². The van der Waals surface area contributed by atoms with E-state index in [1.165, 1.54) is 29.2 Å². The van der Waals surface area contributed by atoms with Crippen molar-refractivity contribution < 1.29 is 9.53 Å². The summed E-state index contributed by atoms with van der Waals surface area (Å²) in [5.41, 5.74) is 1.25. The molecule has 0 bridgehead atoms. The summed E-state index contributed by atoms with van der Waals surface area (Å²) >= 11 is 7.41. The van der Waals surface area contributed by atoms with Crippen LogP contribution >= 0.6 is 22.9 Å². The number of esters is 1. The van der Waals surface area contributed by atoms with Gasteiger partial charge in [-0.3, -0.25) is 4.79 Å². The molecule has 1 aromatic carbocycles. The summed E-state index contributed by atoms with van der Waals surface area (Å²) in [4.78, 5) is 25.6. The van der Waals surface area contributed by atoms with Gasteiger partial charge < -0.3 is 4.74 Å². The van der Waals surface area contributed by atoms with Crippen LogP contribution in [0.2, 0.25) is 5.02 Å². The Kier molecular flexibility index (Phi) is 4.51. The molecule has 3 aromatic rings. The number of nitrogens with zero attached hydrogens (tertiary/aromatic N) is 2. The number of carbonyl (C=O) groups excluding carboxylic acids is 1. The normalized spacial score (nSPS) is 10.6. The molecule has 0 aliphatic heterocycles. The predicted molar refractivity (Wildman–Crippen MR) is 94.2 cm³/mol. The van der Waals surface area contributed by atoms with Gasteiger partial charge in [0.25, 0.3) is 5.56 Å². The molecule has 0 spiro atoms. The molecule has 0 aliphatic rings. The number of aryl methyl sites for hydroxylation is 1. The summed E-state index contributed by atoms with van der Waals surface area (Å²) in [5.74, 6) is -0.696. The standard InChI is InChI=1S/C17H13ClN2O3S/c1-10-7-13(9-24-10)20-16(21)14(17(22)23-2)8-15(19-20)11-3-5-12(18)6-4-11/h3-9H,1-2H3. The average Bonchev–Trinajstić information content (AvgIpc) is 3.01. The maximum atomic E-state index is 12.6.